The molecule has 1 fully saturated rings. The number of hydrogen-bond donors (Lipinski definition) is 1. The van der Waals surface area contributed by atoms with Gasteiger partial charge in [0.25, 0.3) is 0 Å². The van der Waals surface area contributed by atoms with Crippen molar-refractivity contribution in [3.63, 3.8) is 0 Å². The van der Waals surface area contributed by atoms with E-state index in [2.05, 4.69) is 43.8 Å². The normalized spacial score (nSPS) is 15.8. The quantitative estimate of drug-likeness (QED) is 0.474. The fourth-order valence-corrected chi connectivity index (χ4v) is 4.41. The zero-order chi connectivity index (χ0) is 25.1. The number of amides is 1. The molecule has 0 atom stereocenters. The molecule has 4 rings (SSSR count). The summed E-state index contributed by atoms with van der Waals surface area (Å²) < 4.78 is 0. The van der Waals surface area contributed by atoms with Gasteiger partial charge in [-0.25, -0.2) is 0 Å². The van der Waals surface area contributed by atoms with E-state index < -0.39 is 0 Å². The summed E-state index contributed by atoms with van der Waals surface area (Å²) in [5.41, 5.74) is 15.8. The fourth-order valence-electron chi connectivity index (χ4n) is 4.41. The maximum Gasteiger partial charge on any atom is 0.248 e. The van der Waals surface area contributed by atoms with Crippen molar-refractivity contribution in [3.05, 3.63) is 88.5 Å². The minimum Gasteiger partial charge on any atom is -0.366 e. The molecule has 2 aliphatic carbocycles. The van der Waals surface area contributed by atoms with Crippen LogP contribution in [0.15, 0.2) is 60.7 Å². The molecule has 2 aromatic rings. The number of aryl methyl sites for hydroxylation is 1. The lowest BCUT2D eigenvalue weighted by Gasteiger charge is -2.10. The predicted molar refractivity (Wildman–Crippen MR) is 145 cm³/mol. The van der Waals surface area contributed by atoms with Crippen LogP contribution in [-0.2, 0) is 4.79 Å². The first-order valence-electron chi connectivity index (χ1n) is 12.3. The van der Waals surface area contributed by atoms with Crippen LogP contribution in [0.2, 0.25) is 0 Å². The molecule has 0 radical (unpaired) electrons. The number of rotatable bonds is 4. The highest BCUT2D eigenvalue weighted by Crippen LogP contribution is 2.36. The Labute approximate surface area is 205 Å². The molecular formula is C31H39NO2. The number of hydrogen-bond acceptors (Lipinski definition) is 2. The summed E-state index contributed by atoms with van der Waals surface area (Å²) in [5.74, 6) is -0.383. The standard InChI is InChI=1S/C24H25NO.C5H10.C2H4O/c1-15(2)18-5-7-19(8-6-18)21-10-9-20(14-21)17(4)23-12-11-22(24(25)26)13-16(23)3;1-2-4-5-3-1;1-2-3/h5-8,11-14H,1,9-10H2,2-4H3,(H2,25,26);1-5H2;2H,1H3/b20-17+;;. The predicted octanol–water partition coefficient (Wildman–Crippen LogP) is 7.93. The fraction of sp³-hybridized carbons (Fsp3) is 0.355. The molecular weight excluding hydrogens is 418 g/mol. The molecule has 34 heavy (non-hydrogen) atoms. The molecule has 180 valence electrons. The van der Waals surface area contributed by atoms with Crippen molar-refractivity contribution < 1.29 is 9.59 Å². The van der Waals surface area contributed by atoms with Crippen LogP contribution in [-0.4, -0.2) is 12.2 Å². The summed E-state index contributed by atoms with van der Waals surface area (Å²) in [6.45, 7) is 11.7. The molecule has 1 saturated carbocycles. The monoisotopic (exact) mass is 457 g/mol. The average molecular weight is 458 g/mol. The van der Waals surface area contributed by atoms with E-state index in [1.165, 1.54) is 72.4 Å². The molecule has 3 nitrogen and oxygen atoms in total. The van der Waals surface area contributed by atoms with Crippen LogP contribution in [0.25, 0.3) is 16.7 Å². The van der Waals surface area contributed by atoms with Crippen molar-refractivity contribution in [2.75, 3.05) is 0 Å². The first-order chi connectivity index (χ1) is 16.3. The molecule has 0 saturated heterocycles. The summed E-state index contributed by atoms with van der Waals surface area (Å²) in [6.07, 6.45) is 12.7. The van der Waals surface area contributed by atoms with E-state index in [1.54, 1.807) is 0 Å². The van der Waals surface area contributed by atoms with Crippen LogP contribution < -0.4 is 5.73 Å². The summed E-state index contributed by atoms with van der Waals surface area (Å²) in [5, 5.41) is 0. The lowest BCUT2D eigenvalue weighted by Crippen LogP contribution is -2.11. The second kappa shape index (κ2) is 13.5. The van der Waals surface area contributed by atoms with Crippen molar-refractivity contribution in [2.45, 2.75) is 72.6 Å². The lowest BCUT2D eigenvalue weighted by atomic mass is 9.95. The Balaban J connectivity index is 0.000000436. The van der Waals surface area contributed by atoms with Crippen molar-refractivity contribution in [1.82, 2.24) is 0 Å². The van der Waals surface area contributed by atoms with Gasteiger partial charge in [0.1, 0.15) is 6.29 Å². The van der Waals surface area contributed by atoms with Gasteiger partial charge in [-0.3, -0.25) is 4.79 Å². The van der Waals surface area contributed by atoms with Crippen LogP contribution >= 0.6 is 0 Å². The van der Waals surface area contributed by atoms with Gasteiger partial charge in [0.2, 0.25) is 5.91 Å². The topological polar surface area (TPSA) is 60.2 Å². The highest BCUT2D eigenvalue weighted by molar-refractivity contribution is 5.93. The molecule has 0 heterocycles. The maximum atomic E-state index is 11.4. The van der Waals surface area contributed by atoms with Gasteiger partial charge in [-0.15, -0.1) is 0 Å². The van der Waals surface area contributed by atoms with Gasteiger partial charge in [0.15, 0.2) is 0 Å². The van der Waals surface area contributed by atoms with E-state index in [0.29, 0.717) is 5.56 Å². The van der Waals surface area contributed by atoms with Crippen LogP contribution in [0.4, 0.5) is 0 Å². The molecule has 0 aromatic heterocycles. The second-order valence-corrected chi connectivity index (χ2v) is 9.07. The Morgan fingerprint density at radius 1 is 0.912 bits per heavy atom. The highest BCUT2D eigenvalue weighted by atomic mass is 16.1. The van der Waals surface area contributed by atoms with E-state index >= 15 is 0 Å². The smallest absolute Gasteiger partial charge is 0.248 e. The minimum absolute atomic E-state index is 0.383. The summed E-state index contributed by atoms with van der Waals surface area (Å²) in [7, 11) is 0. The Hall–Kier alpha value is -3.20. The summed E-state index contributed by atoms with van der Waals surface area (Å²) in [6, 6.07) is 14.3. The van der Waals surface area contributed by atoms with Gasteiger partial charge in [0, 0.05) is 5.56 Å². The number of carbonyl (C=O) groups excluding carboxylic acids is 2. The molecule has 2 aliphatic rings. The van der Waals surface area contributed by atoms with Crippen molar-refractivity contribution in [3.8, 4) is 0 Å². The molecule has 0 unspecified atom stereocenters. The van der Waals surface area contributed by atoms with Crippen LogP contribution in [0.5, 0.6) is 0 Å². The van der Waals surface area contributed by atoms with Crippen LogP contribution in [0.1, 0.15) is 98.3 Å². The molecule has 0 spiro atoms. The Morgan fingerprint density at radius 3 is 1.91 bits per heavy atom. The average Bonchev–Trinajstić information content (AvgIpc) is 3.54. The molecule has 0 aliphatic heterocycles. The van der Waals surface area contributed by atoms with Gasteiger partial charge in [0.05, 0.1) is 0 Å². The zero-order valence-electron chi connectivity index (χ0n) is 21.2. The lowest BCUT2D eigenvalue weighted by molar-refractivity contribution is -0.106. The third-order valence-corrected chi connectivity index (χ3v) is 6.41. The van der Waals surface area contributed by atoms with Crippen molar-refractivity contribution in [1.29, 1.82) is 0 Å². The summed E-state index contributed by atoms with van der Waals surface area (Å²) in [4.78, 5) is 20.2. The molecule has 2 N–H and O–H groups in total. The largest absolute Gasteiger partial charge is 0.366 e. The Kier molecular flexibility index (Phi) is 10.7. The van der Waals surface area contributed by atoms with Crippen molar-refractivity contribution >= 4 is 28.9 Å². The molecule has 0 bridgehead atoms. The van der Waals surface area contributed by atoms with Crippen LogP contribution in [0.3, 0.4) is 0 Å². The summed E-state index contributed by atoms with van der Waals surface area (Å²) >= 11 is 0. The number of primary amides is 1. The second-order valence-electron chi connectivity index (χ2n) is 9.07. The Morgan fingerprint density at radius 2 is 1.44 bits per heavy atom. The number of benzene rings is 2. The van der Waals surface area contributed by atoms with Crippen molar-refractivity contribution in [2.24, 2.45) is 5.73 Å². The van der Waals surface area contributed by atoms with Gasteiger partial charge < -0.3 is 10.5 Å². The third-order valence-electron chi connectivity index (χ3n) is 6.41. The molecule has 1 amide bonds. The first kappa shape index (κ1) is 27.0. The number of carbonyl (C=O) groups is 2. The van der Waals surface area contributed by atoms with E-state index in [1.807, 2.05) is 32.0 Å². The number of allylic oxidation sites excluding steroid dienone is 5. The number of aldehydes is 1. The highest BCUT2D eigenvalue weighted by Gasteiger charge is 2.15. The maximum absolute atomic E-state index is 11.4. The van der Waals surface area contributed by atoms with Gasteiger partial charge in [-0.1, -0.05) is 80.7 Å². The minimum atomic E-state index is -0.383. The van der Waals surface area contributed by atoms with E-state index in [4.69, 9.17) is 10.5 Å². The molecule has 3 heteroatoms. The van der Waals surface area contributed by atoms with Gasteiger partial charge in [-0.2, -0.15) is 0 Å². The van der Waals surface area contributed by atoms with Gasteiger partial charge >= 0.3 is 0 Å². The zero-order valence-corrected chi connectivity index (χ0v) is 21.2. The van der Waals surface area contributed by atoms with E-state index in [-0.39, 0.29) is 5.91 Å². The first-order valence-corrected chi connectivity index (χ1v) is 12.3. The third kappa shape index (κ3) is 7.69. The number of nitrogens with two attached hydrogens (primary N) is 1. The molecule has 2 aromatic carbocycles. The van der Waals surface area contributed by atoms with E-state index in [9.17, 15) is 4.79 Å². The van der Waals surface area contributed by atoms with E-state index in [0.717, 1.165) is 30.3 Å². The van der Waals surface area contributed by atoms with Gasteiger partial charge in [-0.05, 0) is 91.6 Å². The SMILES string of the molecule is C1CCCC1.C=C(C)c1ccc(C2=C/C(=C(\C)c3ccc(C(N)=O)cc3C)CC2)cc1.CC=O. The Bertz CT molecular complexity index is 1060. The van der Waals surface area contributed by atoms with Crippen LogP contribution in [0, 0.1) is 6.92 Å².